The molecule has 0 aliphatic rings. The highest BCUT2D eigenvalue weighted by Crippen LogP contribution is 2.19. The van der Waals surface area contributed by atoms with E-state index < -0.39 is 4.92 Å². The maximum Gasteiger partial charge on any atom is 0.269 e. The molecular weight excluding hydrogens is 346 g/mol. The van der Waals surface area contributed by atoms with E-state index in [9.17, 15) is 19.7 Å². The predicted octanol–water partition coefficient (Wildman–Crippen LogP) is 3.03. The number of nitro groups is 1. The number of carbonyl (C=O) groups excluding carboxylic acids is 1. The molecule has 0 fully saturated rings. The molecule has 3 aromatic rings. The maximum absolute atomic E-state index is 12.3. The number of hydrogen-bond donors (Lipinski definition) is 2. The Morgan fingerprint density at radius 1 is 1.11 bits per heavy atom. The SMILES string of the molecule is Cc1ccc(C)c2[nH]c(=O)c(CCNC(=O)c3ccc([N+](=O)[O-])cc3)cc12. The van der Waals surface area contributed by atoms with Gasteiger partial charge in [-0.3, -0.25) is 19.7 Å². The zero-order chi connectivity index (χ0) is 19.6. The molecule has 7 heteroatoms. The number of H-pyrrole nitrogens is 1. The van der Waals surface area contributed by atoms with Gasteiger partial charge in [-0.1, -0.05) is 12.1 Å². The van der Waals surface area contributed by atoms with Crippen molar-refractivity contribution in [3.05, 3.63) is 85.2 Å². The van der Waals surface area contributed by atoms with E-state index in [2.05, 4.69) is 10.3 Å². The lowest BCUT2D eigenvalue weighted by atomic mass is 10.0. The minimum absolute atomic E-state index is 0.0695. The molecule has 1 heterocycles. The van der Waals surface area contributed by atoms with Crippen LogP contribution in [0.5, 0.6) is 0 Å². The number of nitro benzene ring substituents is 1. The van der Waals surface area contributed by atoms with Gasteiger partial charge in [-0.15, -0.1) is 0 Å². The first-order chi connectivity index (χ1) is 12.9. The van der Waals surface area contributed by atoms with E-state index in [4.69, 9.17) is 0 Å². The number of nitrogens with zero attached hydrogens (tertiary/aromatic N) is 1. The van der Waals surface area contributed by atoms with Crippen LogP contribution >= 0.6 is 0 Å². The van der Waals surface area contributed by atoms with Crippen molar-refractivity contribution < 1.29 is 9.72 Å². The normalized spacial score (nSPS) is 10.7. The smallest absolute Gasteiger partial charge is 0.269 e. The van der Waals surface area contributed by atoms with E-state index in [1.807, 2.05) is 32.0 Å². The first kappa shape index (κ1) is 18.3. The van der Waals surface area contributed by atoms with Crippen molar-refractivity contribution in [2.75, 3.05) is 6.54 Å². The average molecular weight is 365 g/mol. The topological polar surface area (TPSA) is 105 Å². The first-order valence-corrected chi connectivity index (χ1v) is 8.51. The fourth-order valence-corrected chi connectivity index (χ4v) is 2.95. The zero-order valence-corrected chi connectivity index (χ0v) is 15.0. The number of rotatable bonds is 5. The second-order valence-electron chi connectivity index (χ2n) is 6.42. The number of amides is 1. The third-order valence-corrected chi connectivity index (χ3v) is 4.54. The van der Waals surface area contributed by atoms with Crippen molar-refractivity contribution in [2.45, 2.75) is 20.3 Å². The number of nitrogens with one attached hydrogen (secondary N) is 2. The summed E-state index contributed by atoms with van der Waals surface area (Å²) in [7, 11) is 0. The highest BCUT2D eigenvalue weighted by atomic mass is 16.6. The van der Waals surface area contributed by atoms with Gasteiger partial charge in [0.25, 0.3) is 17.2 Å². The average Bonchev–Trinajstić information content (AvgIpc) is 2.65. The zero-order valence-electron chi connectivity index (χ0n) is 15.0. The number of benzene rings is 2. The molecule has 2 aromatic carbocycles. The van der Waals surface area contributed by atoms with Crippen LogP contribution in [0.25, 0.3) is 10.9 Å². The van der Waals surface area contributed by atoms with E-state index in [1.54, 1.807) is 0 Å². The van der Waals surface area contributed by atoms with Gasteiger partial charge >= 0.3 is 0 Å². The Morgan fingerprint density at radius 3 is 2.44 bits per heavy atom. The summed E-state index contributed by atoms with van der Waals surface area (Å²) in [6, 6.07) is 11.2. The maximum atomic E-state index is 12.3. The molecule has 0 unspecified atom stereocenters. The van der Waals surface area contributed by atoms with Gasteiger partial charge in [0.2, 0.25) is 0 Å². The van der Waals surface area contributed by atoms with Crippen LogP contribution in [0, 0.1) is 24.0 Å². The molecule has 0 aliphatic heterocycles. The fraction of sp³-hybridized carbons (Fsp3) is 0.200. The van der Waals surface area contributed by atoms with Crippen LogP contribution in [0.15, 0.2) is 47.3 Å². The number of aryl methyl sites for hydroxylation is 2. The van der Waals surface area contributed by atoms with Gasteiger partial charge in [0, 0.05) is 35.2 Å². The summed E-state index contributed by atoms with van der Waals surface area (Å²) < 4.78 is 0. The number of aromatic nitrogens is 1. The summed E-state index contributed by atoms with van der Waals surface area (Å²) in [5.41, 5.74) is 3.60. The van der Waals surface area contributed by atoms with Gasteiger partial charge < -0.3 is 10.3 Å². The predicted molar refractivity (Wildman–Crippen MR) is 103 cm³/mol. The molecule has 0 atom stereocenters. The molecule has 1 amide bonds. The van der Waals surface area contributed by atoms with E-state index >= 15 is 0 Å². The van der Waals surface area contributed by atoms with Crippen LogP contribution in [0.3, 0.4) is 0 Å². The summed E-state index contributed by atoms with van der Waals surface area (Å²) in [5.74, 6) is -0.339. The standard InChI is InChI=1S/C20H19N3O4/c1-12-3-4-13(2)18-17(12)11-15(20(25)22-18)9-10-21-19(24)14-5-7-16(8-6-14)23(26)27/h3-8,11H,9-10H2,1-2H3,(H,21,24)(H,22,25). The molecule has 2 N–H and O–H groups in total. The largest absolute Gasteiger partial charge is 0.352 e. The molecule has 0 spiro atoms. The highest BCUT2D eigenvalue weighted by Gasteiger charge is 2.10. The van der Waals surface area contributed by atoms with Gasteiger partial charge in [-0.05, 0) is 49.6 Å². The van der Waals surface area contributed by atoms with Crippen molar-refractivity contribution in [1.29, 1.82) is 0 Å². The van der Waals surface area contributed by atoms with Crippen molar-refractivity contribution >= 4 is 22.5 Å². The van der Waals surface area contributed by atoms with Gasteiger partial charge in [0.15, 0.2) is 0 Å². The second kappa shape index (κ2) is 7.41. The van der Waals surface area contributed by atoms with Crippen LogP contribution in [-0.2, 0) is 6.42 Å². The summed E-state index contributed by atoms with van der Waals surface area (Å²) in [6.07, 6.45) is 0.386. The van der Waals surface area contributed by atoms with Crippen molar-refractivity contribution in [2.24, 2.45) is 0 Å². The monoisotopic (exact) mass is 365 g/mol. The van der Waals surface area contributed by atoms with E-state index in [1.165, 1.54) is 24.3 Å². The van der Waals surface area contributed by atoms with E-state index in [0.717, 1.165) is 22.0 Å². The molecule has 0 saturated carbocycles. The molecule has 27 heavy (non-hydrogen) atoms. The van der Waals surface area contributed by atoms with Crippen molar-refractivity contribution in [3.8, 4) is 0 Å². The summed E-state index contributed by atoms with van der Waals surface area (Å²) in [4.78, 5) is 37.5. The van der Waals surface area contributed by atoms with Gasteiger partial charge in [0.05, 0.1) is 10.4 Å². The van der Waals surface area contributed by atoms with E-state index in [-0.39, 0.29) is 23.7 Å². The minimum atomic E-state index is -0.516. The molecule has 138 valence electrons. The highest BCUT2D eigenvalue weighted by molar-refractivity contribution is 5.94. The lowest BCUT2D eigenvalue weighted by Crippen LogP contribution is -2.27. The number of aromatic amines is 1. The Morgan fingerprint density at radius 2 is 1.78 bits per heavy atom. The number of non-ortho nitro benzene ring substituents is 1. The Balaban J connectivity index is 1.70. The van der Waals surface area contributed by atoms with Crippen LogP contribution in [-0.4, -0.2) is 22.4 Å². The Hall–Kier alpha value is -3.48. The molecule has 0 saturated heterocycles. The number of fused-ring (bicyclic) bond motifs is 1. The van der Waals surface area contributed by atoms with Crippen molar-refractivity contribution in [3.63, 3.8) is 0 Å². The van der Waals surface area contributed by atoms with Crippen LogP contribution in [0.4, 0.5) is 5.69 Å². The number of pyridine rings is 1. The van der Waals surface area contributed by atoms with Gasteiger partial charge in [-0.2, -0.15) is 0 Å². The summed E-state index contributed by atoms with van der Waals surface area (Å²) >= 11 is 0. The number of hydrogen-bond acceptors (Lipinski definition) is 4. The summed E-state index contributed by atoms with van der Waals surface area (Å²) in [6.45, 7) is 4.22. The molecule has 0 bridgehead atoms. The first-order valence-electron chi connectivity index (χ1n) is 8.51. The Labute approximate surface area is 155 Å². The fourth-order valence-electron chi connectivity index (χ4n) is 2.95. The van der Waals surface area contributed by atoms with Crippen LogP contribution in [0.1, 0.15) is 27.0 Å². The summed E-state index contributed by atoms with van der Waals surface area (Å²) in [5, 5.41) is 14.4. The second-order valence-corrected chi connectivity index (χ2v) is 6.42. The molecular formula is C20H19N3O4. The molecule has 3 rings (SSSR count). The molecule has 0 aliphatic carbocycles. The number of carbonyl (C=O) groups is 1. The lowest BCUT2D eigenvalue weighted by Gasteiger charge is -2.09. The minimum Gasteiger partial charge on any atom is -0.352 e. The van der Waals surface area contributed by atoms with Crippen LogP contribution in [0.2, 0.25) is 0 Å². The third kappa shape index (κ3) is 3.87. The van der Waals surface area contributed by atoms with Crippen molar-refractivity contribution in [1.82, 2.24) is 10.3 Å². The van der Waals surface area contributed by atoms with E-state index in [0.29, 0.717) is 17.5 Å². The Bertz CT molecular complexity index is 1080. The lowest BCUT2D eigenvalue weighted by molar-refractivity contribution is -0.384. The molecule has 1 aromatic heterocycles. The quantitative estimate of drug-likeness (QED) is 0.535. The van der Waals surface area contributed by atoms with Gasteiger partial charge in [0.1, 0.15) is 0 Å². The van der Waals surface area contributed by atoms with Gasteiger partial charge in [-0.25, -0.2) is 0 Å². The third-order valence-electron chi connectivity index (χ3n) is 4.54. The molecule has 7 nitrogen and oxygen atoms in total. The van der Waals surface area contributed by atoms with Crippen LogP contribution < -0.4 is 10.9 Å². The molecule has 0 radical (unpaired) electrons. The Kier molecular flexibility index (Phi) is 5.03.